The van der Waals surface area contributed by atoms with Crippen molar-refractivity contribution in [2.75, 3.05) is 59.4 Å². The van der Waals surface area contributed by atoms with E-state index in [9.17, 15) is 19.2 Å². The van der Waals surface area contributed by atoms with E-state index in [1.54, 1.807) is 4.90 Å². The summed E-state index contributed by atoms with van der Waals surface area (Å²) in [6.45, 7) is 2.87. The molecule has 1 atom stereocenters. The van der Waals surface area contributed by atoms with Gasteiger partial charge < -0.3 is 20.0 Å². The van der Waals surface area contributed by atoms with Gasteiger partial charge in [0.25, 0.3) is 0 Å². The van der Waals surface area contributed by atoms with Crippen LogP contribution in [0.25, 0.3) is 0 Å². The van der Waals surface area contributed by atoms with Gasteiger partial charge in [-0.3, -0.25) is 24.3 Å². The Morgan fingerprint density at radius 3 is 2.25 bits per heavy atom. The third-order valence-electron chi connectivity index (χ3n) is 4.12. The molecule has 1 aliphatic heterocycles. The highest BCUT2D eigenvalue weighted by Crippen LogP contribution is 2.10. The lowest BCUT2D eigenvalue weighted by atomic mass is 10.1. The Bertz CT molecular complexity index is 446. The summed E-state index contributed by atoms with van der Waals surface area (Å²) in [5, 5.41) is 11.7. The number of nitrogens with zero attached hydrogens (tertiary/aromatic N) is 3. The zero-order valence-corrected chi connectivity index (χ0v) is 14.0. The summed E-state index contributed by atoms with van der Waals surface area (Å²) in [6, 6.07) is -0.308. The van der Waals surface area contributed by atoms with Crippen LogP contribution in [0.5, 0.6) is 0 Å². The van der Waals surface area contributed by atoms with Crippen molar-refractivity contribution in [3.63, 3.8) is 0 Å². The Balaban J connectivity index is 2.97. The van der Waals surface area contributed by atoms with E-state index >= 15 is 0 Å². The molecule has 1 amide bonds. The summed E-state index contributed by atoms with van der Waals surface area (Å²) in [5.74, 6) is -1.15. The highest BCUT2D eigenvalue weighted by atomic mass is 16.4. The second kappa shape index (κ2) is 10.8. The number of carboxylic acids is 1. The van der Waals surface area contributed by atoms with Crippen molar-refractivity contribution in [1.82, 2.24) is 20.0 Å². The molecule has 0 radical (unpaired) electrons. The molecule has 1 rings (SSSR count). The predicted octanol–water partition coefficient (Wildman–Crippen LogP) is -2.11. The lowest BCUT2D eigenvalue weighted by molar-refractivity contribution is -0.139. The zero-order chi connectivity index (χ0) is 17.9. The first kappa shape index (κ1) is 20.2. The minimum atomic E-state index is -0.972. The largest absolute Gasteiger partial charge is 0.480 e. The molecule has 0 aliphatic carbocycles. The van der Waals surface area contributed by atoms with Gasteiger partial charge in [-0.2, -0.15) is 0 Å². The molecule has 9 nitrogen and oxygen atoms in total. The van der Waals surface area contributed by atoms with E-state index in [0.717, 1.165) is 12.6 Å². The van der Waals surface area contributed by atoms with Gasteiger partial charge in [0.2, 0.25) is 5.91 Å². The number of carbonyl (C=O) groups is 4. The number of carboxylic acid groups (broad SMARTS) is 1. The molecule has 1 unspecified atom stereocenters. The molecule has 1 aliphatic rings. The number of hydrogen-bond donors (Lipinski definition) is 2. The summed E-state index contributed by atoms with van der Waals surface area (Å²) in [5.41, 5.74) is 0. The molecule has 0 aromatic rings. The van der Waals surface area contributed by atoms with Crippen molar-refractivity contribution in [3.05, 3.63) is 0 Å². The van der Waals surface area contributed by atoms with Gasteiger partial charge in [-0.1, -0.05) is 0 Å². The van der Waals surface area contributed by atoms with E-state index in [1.165, 1.54) is 7.05 Å². The fourth-order valence-electron chi connectivity index (χ4n) is 2.80. The number of aliphatic carboxylic acids is 1. The third kappa shape index (κ3) is 7.16. The molecule has 0 spiro atoms. The molecule has 1 heterocycles. The first-order chi connectivity index (χ1) is 11.5. The van der Waals surface area contributed by atoms with Gasteiger partial charge in [-0.25, -0.2) is 0 Å². The van der Waals surface area contributed by atoms with Crippen molar-refractivity contribution in [2.24, 2.45) is 0 Å². The monoisotopic (exact) mass is 342 g/mol. The van der Waals surface area contributed by atoms with Crippen molar-refractivity contribution in [3.8, 4) is 0 Å². The van der Waals surface area contributed by atoms with Gasteiger partial charge in [0.1, 0.15) is 12.6 Å². The van der Waals surface area contributed by atoms with Crippen LogP contribution in [-0.4, -0.2) is 110 Å². The molecule has 2 N–H and O–H groups in total. The molecule has 0 saturated carbocycles. The van der Waals surface area contributed by atoms with E-state index < -0.39 is 5.97 Å². The Labute approximate surface area is 141 Å². The molecule has 0 aromatic carbocycles. The maximum absolute atomic E-state index is 11.8. The fourth-order valence-corrected chi connectivity index (χ4v) is 2.80. The first-order valence-corrected chi connectivity index (χ1v) is 7.98. The summed E-state index contributed by atoms with van der Waals surface area (Å²) in [4.78, 5) is 50.2. The lowest BCUT2D eigenvalue weighted by Gasteiger charge is -2.32. The first-order valence-electron chi connectivity index (χ1n) is 7.98. The molecular formula is C15H26N4O5. The number of amides is 1. The van der Waals surface area contributed by atoms with Crippen molar-refractivity contribution in [2.45, 2.75) is 12.5 Å². The van der Waals surface area contributed by atoms with Gasteiger partial charge in [0.05, 0.1) is 19.6 Å². The fraction of sp³-hybridized carbons (Fsp3) is 0.733. The van der Waals surface area contributed by atoms with Crippen LogP contribution in [0.2, 0.25) is 0 Å². The molecular weight excluding hydrogens is 316 g/mol. The number of hydrogen-bond acceptors (Lipinski definition) is 7. The standard InChI is InChI=1S/C15H26N4O5/c1-16-14(22)10-13-11-18(7-9-21)3-2-17(6-8-20)4-5-19(13)12-15(23)24/h8-9,13H,2-7,10-12H2,1H3,(H,16,22)(H,23,24). The SMILES string of the molecule is CNC(=O)CC1CN(CC=O)CCN(CC=O)CCN1CC(=O)O. The van der Waals surface area contributed by atoms with Crippen LogP contribution >= 0.6 is 0 Å². The number of carbonyl (C=O) groups excluding carboxylic acids is 3. The molecule has 136 valence electrons. The van der Waals surface area contributed by atoms with Crippen LogP contribution in [0.1, 0.15) is 6.42 Å². The highest BCUT2D eigenvalue weighted by Gasteiger charge is 2.27. The smallest absolute Gasteiger partial charge is 0.317 e. The molecule has 0 aromatic heterocycles. The van der Waals surface area contributed by atoms with Crippen LogP contribution < -0.4 is 5.32 Å². The Morgan fingerprint density at radius 2 is 1.67 bits per heavy atom. The van der Waals surface area contributed by atoms with Gasteiger partial charge >= 0.3 is 5.97 Å². The van der Waals surface area contributed by atoms with Crippen molar-refractivity contribution >= 4 is 24.4 Å². The van der Waals surface area contributed by atoms with Crippen LogP contribution in [0, 0.1) is 0 Å². The van der Waals surface area contributed by atoms with E-state index in [1.807, 2.05) is 9.80 Å². The van der Waals surface area contributed by atoms with Crippen LogP contribution in [0.4, 0.5) is 0 Å². The highest BCUT2D eigenvalue weighted by molar-refractivity contribution is 5.76. The summed E-state index contributed by atoms with van der Waals surface area (Å²) in [7, 11) is 1.54. The minimum absolute atomic E-state index is 0.160. The molecule has 0 bridgehead atoms. The van der Waals surface area contributed by atoms with E-state index in [4.69, 9.17) is 5.11 Å². The van der Waals surface area contributed by atoms with Gasteiger partial charge in [-0.05, 0) is 0 Å². The Hall–Kier alpha value is -1.84. The van der Waals surface area contributed by atoms with Crippen LogP contribution in [-0.2, 0) is 19.2 Å². The second-order valence-electron chi connectivity index (χ2n) is 5.79. The molecule has 24 heavy (non-hydrogen) atoms. The number of aldehydes is 2. The normalized spacial score (nSPS) is 21.3. The summed E-state index contributed by atoms with van der Waals surface area (Å²) >= 11 is 0. The van der Waals surface area contributed by atoms with Crippen LogP contribution in [0.3, 0.4) is 0 Å². The zero-order valence-electron chi connectivity index (χ0n) is 14.0. The molecule has 1 fully saturated rings. The van der Waals surface area contributed by atoms with E-state index in [-0.39, 0.29) is 38.0 Å². The van der Waals surface area contributed by atoms with E-state index in [2.05, 4.69) is 5.32 Å². The molecule has 1 saturated heterocycles. The Kier molecular flexibility index (Phi) is 9.13. The van der Waals surface area contributed by atoms with Gasteiger partial charge in [0.15, 0.2) is 0 Å². The third-order valence-corrected chi connectivity index (χ3v) is 4.12. The molecule has 9 heteroatoms. The predicted molar refractivity (Wildman–Crippen MR) is 86.7 cm³/mol. The van der Waals surface area contributed by atoms with Crippen LogP contribution in [0.15, 0.2) is 0 Å². The maximum Gasteiger partial charge on any atom is 0.317 e. The average molecular weight is 342 g/mol. The van der Waals surface area contributed by atoms with Crippen molar-refractivity contribution < 1.29 is 24.3 Å². The topological polar surface area (TPSA) is 110 Å². The van der Waals surface area contributed by atoms with Gasteiger partial charge in [-0.15, -0.1) is 0 Å². The summed E-state index contributed by atoms with van der Waals surface area (Å²) < 4.78 is 0. The number of rotatable bonds is 8. The maximum atomic E-state index is 11.8. The summed E-state index contributed by atoms with van der Waals surface area (Å²) in [6.07, 6.45) is 1.76. The average Bonchev–Trinajstić information content (AvgIpc) is 2.60. The number of nitrogens with one attached hydrogen (secondary N) is 1. The minimum Gasteiger partial charge on any atom is -0.480 e. The van der Waals surface area contributed by atoms with Crippen molar-refractivity contribution in [1.29, 1.82) is 0 Å². The van der Waals surface area contributed by atoms with Gasteiger partial charge in [0, 0.05) is 52.2 Å². The Morgan fingerprint density at radius 1 is 1.08 bits per heavy atom. The van der Waals surface area contributed by atoms with E-state index in [0.29, 0.717) is 32.7 Å². The lowest BCUT2D eigenvalue weighted by Crippen LogP contribution is -2.49. The quantitative estimate of drug-likeness (QED) is 0.483. The second-order valence-corrected chi connectivity index (χ2v) is 5.79.